The molecule has 0 aromatic heterocycles. The molecule has 0 unspecified atom stereocenters. The summed E-state index contributed by atoms with van der Waals surface area (Å²) < 4.78 is 5.16. The van der Waals surface area contributed by atoms with Crippen LogP contribution in [-0.2, 0) is 4.79 Å². The van der Waals surface area contributed by atoms with Crippen LogP contribution in [0.25, 0.3) is 0 Å². The first kappa shape index (κ1) is 13.9. The summed E-state index contributed by atoms with van der Waals surface area (Å²) >= 11 is 0. The molecule has 1 aliphatic carbocycles. The van der Waals surface area contributed by atoms with Crippen LogP contribution >= 0.6 is 0 Å². The first-order valence-electron chi connectivity index (χ1n) is 6.81. The molecule has 0 aliphatic heterocycles. The van der Waals surface area contributed by atoms with Crippen molar-refractivity contribution in [3.63, 3.8) is 0 Å². The van der Waals surface area contributed by atoms with Crippen LogP contribution in [0.1, 0.15) is 31.2 Å². The molecule has 0 atom stereocenters. The second kappa shape index (κ2) is 6.57. The van der Waals surface area contributed by atoms with Crippen LogP contribution in [-0.4, -0.2) is 32.1 Å². The Hall–Kier alpha value is -1.55. The molecule has 1 aromatic rings. The Morgan fingerprint density at radius 1 is 1.26 bits per heavy atom. The minimum atomic E-state index is 0.0338. The van der Waals surface area contributed by atoms with Gasteiger partial charge in [-0.05, 0) is 36.5 Å². The zero-order valence-corrected chi connectivity index (χ0v) is 11.6. The molecule has 1 saturated carbocycles. The molecule has 4 nitrogen and oxygen atoms in total. The van der Waals surface area contributed by atoms with E-state index in [-0.39, 0.29) is 5.91 Å². The van der Waals surface area contributed by atoms with Crippen molar-refractivity contribution in [2.75, 3.05) is 20.2 Å². The van der Waals surface area contributed by atoms with Crippen molar-refractivity contribution in [1.82, 2.24) is 10.6 Å². The molecule has 0 radical (unpaired) electrons. The Kier molecular flexibility index (Phi) is 4.80. The largest absolute Gasteiger partial charge is 0.497 e. The van der Waals surface area contributed by atoms with Crippen LogP contribution in [0.2, 0.25) is 0 Å². The van der Waals surface area contributed by atoms with Gasteiger partial charge in [0.15, 0.2) is 0 Å². The normalized spacial score (nSPS) is 21.6. The fourth-order valence-corrected chi connectivity index (χ4v) is 2.45. The van der Waals surface area contributed by atoms with Gasteiger partial charge >= 0.3 is 0 Å². The Bertz CT molecular complexity index is 411. The molecule has 1 amide bonds. The molecule has 1 aromatic carbocycles. The molecule has 2 rings (SSSR count). The summed E-state index contributed by atoms with van der Waals surface area (Å²) in [6.45, 7) is 3.10. The summed E-state index contributed by atoms with van der Waals surface area (Å²) in [7, 11) is 1.69. The number of hydrogen-bond acceptors (Lipinski definition) is 3. The quantitative estimate of drug-likeness (QED) is 0.767. The highest BCUT2D eigenvalue weighted by Gasteiger charge is 2.29. The van der Waals surface area contributed by atoms with Crippen molar-refractivity contribution >= 4 is 5.91 Å². The summed E-state index contributed by atoms with van der Waals surface area (Å²) in [6.07, 6.45) is 2.35. The topological polar surface area (TPSA) is 50.4 Å². The number of carbonyl (C=O) groups is 1. The average Bonchev–Trinajstić information content (AvgIpc) is 2.36. The number of nitrogens with one attached hydrogen (secondary N) is 2. The smallest absolute Gasteiger partial charge is 0.216 e. The van der Waals surface area contributed by atoms with Gasteiger partial charge in [-0.2, -0.15) is 0 Å². The predicted molar refractivity (Wildman–Crippen MR) is 75.4 cm³/mol. The van der Waals surface area contributed by atoms with Crippen molar-refractivity contribution in [3.8, 4) is 5.75 Å². The van der Waals surface area contributed by atoms with E-state index in [9.17, 15) is 4.79 Å². The van der Waals surface area contributed by atoms with Crippen LogP contribution in [0.4, 0.5) is 0 Å². The van der Waals surface area contributed by atoms with Gasteiger partial charge in [0, 0.05) is 26.1 Å². The maximum atomic E-state index is 10.7. The number of rotatable bonds is 6. The number of amides is 1. The standard InChI is InChI=1S/C15H22N2O2/c1-11(18)16-7-8-17-14-9-13(10-14)12-3-5-15(19-2)6-4-12/h3-6,13-14,17H,7-10H2,1-2H3,(H,16,18). The van der Waals surface area contributed by atoms with Crippen molar-refractivity contribution in [3.05, 3.63) is 29.8 Å². The second-order valence-corrected chi connectivity index (χ2v) is 5.08. The lowest BCUT2D eigenvalue weighted by molar-refractivity contribution is -0.118. The molecule has 1 fully saturated rings. The number of methoxy groups -OCH3 is 1. The molecule has 0 spiro atoms. The lowest BCUT2D eigenvalue weighted by atomic mass is 9.76. The van der Waals surface area contributed by atoms with Crippen molar-refractivity contribution < 1.29 is 9.53 Å². The number of carbonyl (C=O) groups excluding carboxylic acids is 1. The van der Waals surface area contributed by atoms with Crippen molar-refractivity contribution in [2.45, 2.75) is 31.7 Å². The van der Waals surface area contributed by atoms with Gasteiger partial charge in [-0.1, -0.05) is 12.1 Å². The molecule has 104 valence electrons. The number of hydrogen-bond donors (Lipinski definition) is 2. The monoisotopic (exact) mass is 262 g/mol. The van der Waals surface area contributed by atoms with Gasteiger partial charge in [-0.3, -0.25) is 4.79 Å². The van der Waals surface area contributed by atoms with E-state index >= 15 is 0 Å². The molecule has 2 N–H and O–H groups in total. The molecule has 4 heteroatoms. The lowest BCUT2D eigenvalue weighted by Crippen LogP contribution is -2.43. The van der Waals surface area contributed by atoms with Gasteiger partial charge in [0.2, 0.25) is 5.91 Å². The van der Waals surface area contributed by atoms with E-state index in [1.54, 1.807) is 14.0 Å². The summed E-state index contributed by atoms with van der Waals surface area (Å²) in [6, 6.07) is 8.93. The highest BCUT2D eigenvalue weighted by molar-refractivity contribution is 5.72. The molecule has 19 heavy (non-hydrogen) atoms. The third-order valence-corrected chi connectivity index (χ3v) is 3.66. The number of ether oxygens (including phenoxy) is 1. The summed E-state index contributed by atoms with van der Waals surface area (Å²) in [5, 5.41) is 6.25. The first-order chi connectivity index (χ1) is 9.19. The Labute approximate surface area is 114 Å². The first-order valence-corrected chi connectivity index (χ1v) is 6.81. The minimum Gasteiger partial charge on any atom is -0.497 e. The zero-order valence-electron chi connectivity index (χ0n) is 11.6. The molecule has 1 aliphatic rings. The van der Waals surface area contributed by atoms with Crippen molar-refractivity contribution in [2.24, 2.45) is 0 Å². The zero-order chi connectivity index (χ0) is 13.7. The van der Waals surface area contributed by atoms with E-state index in [2.05, 4.69) is 22.8 Å². The van der Waals surface area contributed by atoms with Crippen LogP contribution < -0.4 is 15.4 Å². The van der Waals surface area contributed by atoms with Gasteiger partial charge in [0.05, 0.1) is 7.11 Å². The maximum Gasteiger partial charge on any atom is 0.216 e. The molecular formula is C15H22N2O2. The van der Waals surface area contributed by atoms with E-state index in [4.69, 9.17) is 4.74 Å². The SMILES string of the molecule is COc1ccc(C2CC(NCCNC(C)=O)C2)cc1. The van der Waals surface area contributed by atoms with E-state index < -0.39 is 0 Å². The van der Waals surface area contributed by atoms with Crippen molar-refractivity contribution in [1.29, 1.82) is 0 Å². The molecule has 0 heterocycles. The van der Waals surface area contributed by atoms with Gasteiger partial charge in [0.25, 0.3) is 0 Å². The summed E-state index contributed by atoms with van der Waals surface area (Å²) in [5.41, 5.74) is 1.39. The van der Waals surface area contributed by atoms with Gasteiger partial charge in [-0.15, -0.1) is 0 Å². The third-order valence-electron chi connectivity index (χ3n) is 3.66. The molecule has 0 saturated heterocycles. The third kappa shape index (κ3) is 3.96. The van der Waals surface area contributed by atoms with Crippen LogP contribution in [0.15, 0.2) is 24.3 Å². The Morgan fingerprint density at radius 2 is 1.95 bits per heavy atom. The lowest BCUT2D eigenvalue weighted by Gasteiger charge is -2.36. The van der Waals surface area contributed by atoms with Crippen LogP contribution in [0.5, 0.6) is 5.75 Å². The average molecular weight is 262 g/mol. The highest BCUT2D eigenvalue weighted by Crippen LogP contribution is 2.37. The van der Waals surface area contributed by atoms with E-state index in [0.29, 0.717) is 18.5 Å². The summed E-state index contributed by atoms with van der Waals surface area (Å²) in [5.74, 6) is 1.60. The fraction of sp³-hybridized carbons (Fsp3) is 0.533. The van der Waals surface area contributed by atoms with Crippen LogP contribution in [0, 0.1) is 0 Å². The minimum absolute atomic E-state index is 0.0338. The van der Waals surface area contributed by atoms with Crippen LogP contribution in [0.3, 0.4) is 0 Å². The van der Waals surface area contributed by atoms with Gasteiger partial charge in [-0.25, -0.2) is 0 Å². The summed E-state index contributed by atoms with van der Waals surface area (Å²) in [4.78, 5) is 10.7. The maximum absolute atomic E-state index is 10.7. The van der Waals surface area contributed by atoms with E-state index in [1.807, 2.05) is 12.1 Å². The number of benzene rings is 1. The predicted octanol–water partition coefficient (Wildman–Crippen LogP) is 1.67. The van der Waals surface area contributed by atoms with E-state index in [1.165, 1.54) is 18.4 Å². The fourth-order valence-electron chi connectivity index (χ4n) is 2.45. The van der Waals surface area contributed by atoms with Gasteiger partial charge < -0.3 is 15.4 Å². The van der Waals surface area contributed by atoms with E-state index in [0.717, 1.165) is 12.3 Å². The Balaban J connectivity index is 1.66. The highest BCUT2D eigenvalue weighted by atomic mass is 16.5. The van der Waals surface area contributed by atoms with Gasteiger partial charge in [0.1, 0.15) is 5.75 Å². The Morgan fingerprint density at radius 3 is 2.53 bits per heavy atom. The molecule has 0 bridgehead atoms. The molecular weight excluding hydrogens is 240 g/mol. The second-order valence-electron chi connectivity index (χ2n) is 5.08.